The van der Waals surface area contributed by atoms with E-state index >= 15 is 0 Å². The third kappa shape index (κ3) is 2.65. The fourth-order valence-corrected chi connectivity index (χ4v) is 2.99. The van der Waals surface area contributed by atoms with Gasteiger partial charge < -0.3 is 0 Å². The van der Waals surface area contributed by atoms with Crippen LogP contribution in [0, 0.1) is 13.8 Å². The Hall–Kier alpha value is -1.56. The molecule has 0 aliphatic carbocycles. The van der Waals surface area contributed by atoms with Gasteiger partial charge in [-0.2, -0.15) is 0 Å². The molecule has 0 spiro atoms. The molecule has 0 bridgehead atoms. The van der Waals surface area contributed by atoms with Crippen molar-refractivity contribution < 1.29 is 0 Å². The van der Waals surface area contributed by atoms with E-state index in [9.17, 15) is 0 Å². The summed E-state index contributed by atoms with van der Waals surface area (Å²) in [6, 6.07) is 13.4. The summed E-state index contributed by atoms with van der Waals surface area (Å²) in [6.07, 6.45) is 2.30. The molecule has 0 saturated heterocycles. The van der Waals surface area contributed by atoms with Crippen LogP contribution < -0.4 is 0 Å². The monoisotopic (exact) mass is 266 g/mol. The van der Waals surface area contributed by atoms with E-state index in [1.54, 1.807) is 5.56 Å². The molecule has 0 saturated carbocycles. The van der Waals surface area contributed by atoms with Gasteiger partial charge in [0.25, 0.3) is 0 Å². The molecular formula is C20H26. The molecule has 0 aliphatic rings. The zero-order valence-electron chi connectivity index (χ0n) is 13.5. The van der Waals surface area contributed by atoms with E-state index in [4.69, 9.17) is 0 Å². The first kappa shape index (κ1) is 14.8. The van der Waals surface area contributed by atoms with Gasteiger partial charge in [-0.05, 0) is 66.0 Å². The Morgan fingerprint density at radius 3 is 2.20 bits per heavy atom. The largest absolute Gasteiger partial charge is 0.0648 e. The Balaban J connectivity index is 2.70. The maximum Gasteiger partial charge on any atom is -0.0144 e. The van der Waals surface area contributed by atoms with Crippen LogP contribution in [0.1, 0.15) is 55.4 Å². The van der Waals surface area contributed by atoms with Crippen molar-refractivity contribution in [2.24, 2.45) is 0 Å². The van der Waals surface area contributed by atoms with E-state index in [0.717, 1.165) is 6.42 Å². The van der Waals surface area contributed by atoms with E-state index in [-0.39, 0.29) is 0 Å². The fourth-order valence-electron chi connectivity index (χ4n) is 2.99. The topological polar surface area (TPSA) is 0 Å². The number of aryl methyl sites for hydroxylation is 2. The normalized spacial score (nSPS) is 12.4. The minimum Gasteiger partial charge on any atom is -0.0648 e. The Labute approximate surface area is 123 Å². The van der Waals surface area contributed by atoms with Gasteiger partial charge in [-0.25, -0.2) is 0 Å². The summed E-state index contributed by atoms with van der Waals surface area (Å²) in [7, 11) is 0. The number of hydrogen-bond donors (Lipinski definition) is 0. The molecule has 106 valence electrons. The molecule has 0 heteroatoms. The van der Waals surface area contributed by atoms with Crippen LogP contribution >= 0.6 is 0 Å². The predicted molar refractivity (Wildman–Crippen MR) is 89.4 cm³/mol. The van der Waals surface area contributed by atoms with Crippen LogP contribution in [-0.2, 0) is 6.42 Å². The highest BCUT2D eigenvalue weighted by Crippen LogP contribution is 2.36. The van der Waals surface area contributed by atoms with Crippen LogP contribution in [0.2, 0.25) is 0 Å². The first-order valence-electron chi connectivity index (χ1n) is 7.78. The van der Waals surface area contributed by atoms with E-state index in [1.807, 2.05) is 0 Å². The smallest absolute Gasteiger partial charge is 0.0144 e. The number of hydrogen-bond acceptors (Lipinski definition) is 0. The van der Waals surface area contributed by atoms with Crippen molar-refractivity contribution in [1.82, 2.24) is 0 Å². The Bertz CT molecular complexity index is 593. The lowest BCUT2D eigenvalue weighted by atomic mass is 9.84. The first-order chi connectivity index (χ1) is 9.60. The average molecular weight is 266 g/mol. The molecule has 0 nitrogen and oxygen atoms in total. The summed E-state index contributed by atoms with van der Waals surface area (Å²) in [5.41, 5.74) is 8.66. The highest BCUT2D eigenvalue weighted by atomic mass is 14.2. The molecule has 20 heavy (non-hydrogen) atoms. The fraction of sp³-hybridized carbons (Fsp3) is 0.400. The molecule has 1 unspecified atom stereocenters. The number of benzene rings is 2. The van der Waals surface area contributed by atoms with Gasteiger partial charge in [-0.1, -0.05) is 57.2 Å². The summed E-state index contributed by atoms with van der Waals surface area (Å²) >= 11 is 0. The SMILES string of the molecule is CCc1cccc(-c2cccc(C)c2C)c1C(C)CC. The Kier molecular flexibility index (Phi) is 4.65. The minimum atomic E-state index is 0.612. The second kappa shape index (κ2) is 6.26. The van der Waals surface area contributed by atoms with Gasteiger partial charge in [0, 0.05) is 0 Å². The van der Waals surface area contributed by atoms with Crippen molar-refractivity contribution in [1.29, 1.82) is 0 Å². The highest BCUT2D eigenvalue weighted by Gasteiger charge is 2.15. The molecule has 0 aromatic heterocycles. The zero-order valence-corrected chi connectivity index (χ0v) is 13.5. The molecule has 0 aliphatic heterocycles. The maximum absolute atomic E-state index is 2.35. The summed E-state index contributed by atoms with van der Waals surface area (Å²) in [6.45, 7) is 11.3. The molecular weight excluding hydrogens is 240 g/mol. The van der Waals surface area contributed by atoms with Crippen LogP contribution in [0.5, 0.6) is 0 Å². The van der Waals surface area contributed by atoms with Crippen LogP contribution in [0.15, 0.2) is 36.4 Å². The van der Waals surface area contributed by atoms with Crippen LogP contribution in [0.4, 0.5) is 0 Å². The Morgan fingerprint density at radius 2 is 1.55 bits per heavy atom. The van der Waals surface area contributed by atoms with Crippen LogP contribution in [0.25, 0.3) is 11.1 Å². The van der Waals surface area contributed by atoms with E-state index in [1.165, 1.54) is 34.2 Å². The third-order valence-electron chi connectivity index (χ3n) is 4.58. The van der Waals surface area contributed by atoms with Crippen molar-refractivity contribution in [2.75, 3.05) is 0 Å². The number of rotatable bonds is 4. The van der Waals surface area contributed by atoms with E-state index in [2.05, 4.69) is 71.0 Å². The molecule has 0 N–H and O–H groups in total. The molecule has 2 rings (SSSR count). The summed E-state index contributed by atoms with van der Waals surface area (Å²) in [5.74, 6) is 0.612. The van der Waals surface area contributed by atoms with Crippen molar-refractivity contribution in [3.8, 4) is 11.1 Å². The quantitative estimate of drug-likeness (QED) is 0.632. The van der Waals surface area contributed by atoms with Gasteiger partial charge in [0.1, 0.15) is 0 Å². The second-order valence-electron chi connectivity index (χ2n) is 5.79. The van der Waals surface area contributed by atoms with Gasteiger partial charge in [-0.3, -0.25) is 0 Å². The molecule has 0 heterocycles. The van der Waals surface area contributed by atoms with Gasteiger partial charge in [-0.15, -0.1) is 0 Å². The van der Waals surface area contributed by atoms with E-state index in [0.29, 0.717) is 5.92 Å². The molecule has 0 radical (unpaired) electrons. The average Bonchev–Trinajstić information content (AvgIpc) is 2.48. The van der Waals surface area contributed by atoms with Gasteiger partial charge in [0.15, 0.2) is 0 Å². The van der Waals surface area contributed by atoms with Crippen molar-refractivity contribution in [2.45, 2.75) is 53.4 Å². The molecule has 0 amide bonds. The summed E-state index contributed by atoms with van der Waals surface area (Å²) in [4.78, 5) is 0. The first-order valence-corrected chi connectivity index (χ1v) is 7.78. The maximum atomic E-state index is 2.35. The minimum absolute atomic E-state index is 0.612. The molecule has 1 atom stereocenters. The zero-order chi connectivity index (χ0) is 14.7. The van der Waals surface area contributed by atoms with E-state index < -0.39 is 0 Å². The molecule has 2 aromatic carbocycles. The Morgan fingerprint density at radius 1 is 0.900 bits per heavy atom. The second-order valence-corrected chi connectivity index (χ2v) is 5.79. The highest BCUT2D eigenvalue weighted by molar-refractivity contribution is 5.73. The van der Waals surface area contributed by atoms with Gasteiger partial charge in [0.2, 0.25) is 0 Å². The third-order valence-corrected chi connectivity index (χ3v) is 4.58. The lowest BCUT2D eigenvalue weighted by molar-refractivity contribution is 0.725. The molecule has 0 fully saturated rings. The molecule has 2 aromatic rings. The van der Waals surface area contributed by atoms with Crippen LogP contribution in [-0.4, -0.2) is 0 Å². The summed E-state index contributed by atoms with van der Waals surface area (Å²) < 4.78 is 0. The van der Waals surface area contributed by atoms with Crippen molar-refractivity contribution in [3.05, 3.63) is 58.7 Å². The summed E-state index contributed by atoms with van der Waals surface area (Å²) in [5, 5.41) is 0. The van der Waals surface area contributed by atoms with Gasteiger partial charge >= 0.3 is 0 Å². The predicted octanol–water partition coefficient (Wildman–Crippen LogP) is 6.05. The van der Waals surface area contributed by atoms with Crippen molar-refractivity contribution >= 4 is 0 Å². The van der Waals surface area contributed by atoms with Gasteiger partial charge in [0.05, 0.1) is 0 Å². The van der Waals surface area contributed by atoms with Crippen molar-refractivity contribution in [3.63, 3.8) is 0 Å². The van der Waals surface area contributed by atoms with Crippen LogP contribution in [0.3, 0.4) is 0 Å². The standard InChI is InChI=1S/C20H26/c1-6-14(3)20-17(7-2)11-9-13-19(20)18-12-8-10-15(4)16(18)5/h8-14H,6-7H2,1-5H3. The lowest BCUT2D eigenvalue weighted by Crippen LogP contribution is -2.02. The lowest BCUT2D eigenvalue weighted by Gasteiger charge is -2.21.